The van der Waals surface area contributed by atoms with Crippen LogP contribution >= 0.6 is 11.8 Å². The van der Waals surface area contributed by atoms with E-state index in [4.69, 9.17) is 4.42 Å². The standard InChI is InChI=1S/C19H17NO4S/c1-25-14-8-6-12(7-9-14)16(21)11-20-18(22)15-10-13-4-2-3-5-17(13)24-19(15)23/h2-10,16,21H,11H2,1H3,(H,20,22)/t16-/m1/s1. The van der Waals surface area contributed by atoms with E-state index in [1.165, 1.54) is 6.07 Å². The Morgan fingerprint density at radius 1 is 1.20 bits per heavy atom. The molecule has 1 aromatic heterocycles. The summed E-state index contributed by atoms with van der Waals surface area (Å²) in [6.45, 7) is 0.00369. The lowest BCUT2D eigenvalue weighted by molar-refractivity contribution is 0.0913. The average molecular weight is 355 g/mol. The topological polar surface area (TPSA) is 79.5 Å². The van der Waals surface area contributed by atoms with E-state index in [1.807, 2.05) is 30.5 Å². The lowest BCUT2D eigenvalue weighted by atomic mass is 10.1. The van der Waals surface area contributed by atoms with Crippen molar-refractivity contribution in [2.24, 2.45) is 0 Å². The number of hydrogen-bond acceptors (Lipinski definition) is 5. The monoisotopic (exact) mass is 355 g/mol. The summed E-state index contributed by atoms with van der Waals surface area (Å²) in [6, 6.07) is 15.9. The van der Waals surface area contributed by atoms with Gasteiger partial charge in [0.05, 0.1) is 6.10 Å². The number of fused-ring (bicyclic) bond motifs is 1. The van der Waals surface area contributed by atoms with Crippen molar-refractivity contribution in [1.82, 2.24) is 5.32 Å². The SMILES string of the molecule is CSc1ccc([C@H](O)CNC(=O)c2cc3ccccc3oc2=O)cc1. The maximum absolute atomic E-state index is 12.3. The van der Waals surface area contributed by atoms with Crippen molar-refractivity contribution in [2.45, 2.75) is 11.0 Å². The number of carbonyl (C=O) groups excluding carboxylic acids is 1. The number of carbonyl (C=O) groups is 1. The summed E-state index contributed by atoms with van der Waals surface area (Å²) in [5.41, 5.74) is 0.347. The molecule has 0 aliphatic rings. The number of hydrogen-bond donors (Lipinski definition) is 2. The first-order valence-electron chi connectivity index (χ1n) is 7.71. The van der Waals surface area contributed by atoms with Crippen LogP contribution in [-0.4, -0.2) is 23.8 Å². The number of benzene rings is 2. The zero-order chi connectivity index (χ0) is 17.8. The van der Waals surface area contributed by atoms with Crippen LogP contribution in [0.1, 0.15) is 22.0 Å². The van der Waals surface area contributed by atoms with Gasteiger partial charge in [-0.2, -0.15) is 0 Å². The minimum Gasteiger partial charge on any atom is -0.422 e. The van der Waals surface area contributed by atoms with Crippen LogP contribution in [0.2, 0.25) is 0 Å². The number of rotatable bonds is 5. The first-order chi connectivity index (χ1) is 12.1. The summed E-state index contributed by atoms with van der Waals surface area (Å²) in [5, 5.41) is 13.4. The van der Waals surface area contributed by atoms with Crippen LogP contribution in [0.4, 0.5) is 0 Å². The first kappa shape index (κ1) is 17.3. The lowest BCUT2D eigenvalue weighted by Crippen LogP contribution is -2.31. The lowest BCUT2D eigenvalue weighted by Gasteiger charge is -2.12. The summed E-state index contributed by atoms with van der Waals surface area (Å²) in [6.07, 6.45) is 1.12. The molecular weight excluding hydrogens is 338 g/mol. The molecule has 3 rings (SSSR count). The highest BCUT2D eigenvalue weighted by Crippen LogP contribution is 2.19. The molecule has 1 amide bonds. The Morgan fingerprint density at radius 2 is 1.92 bits per heavy atom. The largest absolute Gasteiger partial charge is 0.422 e. The summed E-state index contributed by atoms with van der Waals surface area (Å²) in [7, 11) is 0. The molecule has 1 heterocycles. The number of amides is 1. The maximum atomic E-state index is 12.3. The van der Waals surface area contributed by atoms with Gasteiger partial charge in [-0.3, -0.25) is 4.79 Å². The Bertz CT molecular complexity index is 950. The molecule has 0 spiro atoms. The molecule has 1 atom stereocenters. The van der Waals surface area contributed by atoms with Gasteiger partial charge in [-0.1, -0.05) is 30.3 Å². The predicted molar refractivity (Wildman–Crippen MR) is 98.0 cm³/mol. The van der Waals surface area contributed by atoms with Crippen molar-refractivity contribution >= 4 is 28.6 Å². The van der Waals surface area contributed by atoms with Crippen LogP contribution in [0, 0.1) is 0 Å². The summed E-state index contributed by atoms with van der Waals surface area (Å²) in [4.78, 5) is 25.3. The van der Waals surface area contributed by atoms with E-state index in [-0.39, 0.29) is 12.1 Å². The molecule has 3 aromatic rings. The number of thioether (sulfide) groups is 1. The highest BCUT2D eigenvalue weighted by atomic mass is 32.2. The quantitative estimate of drug-likeness (QED) is 0.543. The van der Waals surface area contributed by atoms with Crippen molar-refractivity contribution in [3.8, 4) is 0 Å². The molecule has 0 bridgehead atoms. The average Bonchev–Trinajstić information content (AvgIpc) is 2.65. The van der Waals surface area contributed by atoms with E-state index in [2.05, 4.69) is 5.32 Å². The minimum atomic E-state index is -0.854. The number of aliphatic hydroxyl groups excluding tert-OH is 1. The minimum absolute atomic E-state index is 0.00369. The number of nitrogens with one attached hydrogen (secondary N) is 1. The summed E-state index contributed by atoms with van der Waals surface area (Å²) in [5.74, 6) is -0.570. The Labute approximate surface area is 148 Å². The fourth-order valence-corrected chi connectivity index (χ4v) is 2.86. The highest BCUT2D eigenvalue weighted by Gasteiger charge is 2.15. The Kier molecular flexibility index (Phi) is 5.21. The molecule has 6 heteroatoms. The van der Waals surface area contributed by atoms with E-state index in [0.717, 1.165) is 4.90 Å². The van der Waals surface area contributed by atoms with Crippen molar-refractivity contribution < 1.29 is 14.3 Å². The highest BCUT2D eigenvalue weighted by molar-refractivity contribution is 7.98. The Morgan fingerprint density at radius 3 is 2.64 bits per heavy atom. The smallest absolute Gasteiger partial charge is 0.349 e. The first-order valence-corrected chi connectivity index (χ1v) is 8.94. The van der Waals surface area contributed by atoms with Crippen LogP contribution in [0.15, 0.2) is 68.7 Å². The zero-order valence-corrected chi connectivity index (χ0v) is 14.4. The molecule has 0 aliphatic heterocycles. The second kappa shape index (κ2) is 7.55. The second-order valence-corrected chi connectivity index (χ2v) is 6.36. The molecular formula is C19H17NO4S. The van der Waals surface area contributed by atoms with Gasteiger partial charge in [0.2, 0.25) is 0 Å². The molecule has 0 aliphatic carbocycles. The van der Waals surface area contributed by atoms with Crippen molar-refractivity contribution in [3.05, 3.63) is 76.1 Å². The molecule has 25 heavy (non-hydrogen) atoms. The molecule has 2 aromatic carbocycles. The Hall–Kier alpha value is -2.57. The predicted octanol–water partition coefficient (Wildman–Crippen LogP) is 2.98. The van der Waals surface area contributed by atoms with Gasteiger partial charge in [0.15, 0.2) is 0 Å². The van der Waals surface area contributed by atoms with Gasteiger partial charge < -0.3 is 14.8 Å². The van der Waals surface area contributed by atoms with Crippen LogP contribution in [-0.2, 0) is 0 Å². The van der Waals surface area contributed by atoms with Gasteiger partial charge >= 0.3 is 5.63 Å². The van der Waals surface area contributed by atoms with Gasteiger partial charge in [0.1, 0.15) is 11.1 Å². The molecule has 128 valence electrons. The van der Waals surface area contributed by atoms with E-state index >= 15 is 0 Å². The maximum Gasteiger partial charge on any atom is 0.349 e. The fraction of sp³-hybridized carbons (Fsp3) is 0.158. The van der Waals surface area contributed by atoms with Gasteiger partial charge in [0.25, 0.3) is 5.91 Å². The third-order valence-corrected chi connectivity index (χ3v) is 4.59. The van der Waals surface area contributed by atoms with Gasteiger partial charge in [-0.25, -0.2) is 4.79 Å². The van der Waals surface area contributed by atoms with Crippen LogP contribution in [0.25, 0.3) is 11.0 Å². The van der Waals surface area contributed by atoms with Gasteiger partial charge in [-0.05, 0) is 36.1 Å². The molecule has 2 N–H and O–H groups in total. The zero-order valence-electron chi connectivity index (χ0n) is 13.6. The molecule has 0 saturated carbocycles. The number of aliphatic hydroxyl groups is 1. The van der Waals surface area contributed by atoms with E-state index in [0.29, 0.717) is 16.5 Å². The summed E-state index contributed by atoms with van der Waals surface area (Å²) < 4.78 is 5.15. The van der Waals surface area contributed by atoms with Gasteiger partial charge in [0, 0.05) is 16.8 Å². The van der Waals surface area contributed by atoms with Crippen molar-refractivity contribution in [3.63, 3.8) is 0 Å². The molecule has 0 unspecified atom stereocenters. The molecule has 5 nitrogen and oxygen atoms in total. The third-order valence-electron chi connectivity index (χ3n) is 3.84. The van der Waals surface area contributed by atoms with Crippen LogP contribution in [0.3, 0.4) is 0 Å². The van der Waals surface area contributed by atoms with Crippen LogP contribution < -0.4 is 10.9 Å². The summed E-state index contributed by atoms with van der Waals surface area (Å²) >= 11 is 1.61. The van der Waals surface area contributed by atoms with E-state index in [9.17, 15) is 14.7 Å². The molecule has 0 saturated heterocycles. The van der Waals surface area contributed by atoms with E-state index in [1.54, 1.807) is 36.0 Å². The normalized spacial score (nSPS) is 12.1. The van der Waals surface area contributed by atoms with E-state index < -0.39 is 17.6 Å². The Balaban J connectivity index is 1.71. The number of para-hydroxylation sites is 1. The molecule has 0 fully saturated rings. The van der Waals surface area contributed by atoms with Crippen molar-refractivity contribution in [2.75, 3.05) is 12.8 Å². The molecule has 0 radical (unpaired) electrons. The fourth-order valence-electron chi connectivity index (χ4n) is 2.45. The van der Waals surface area contributed by atoms with Crippen molar-refractivity contribution in [1.29, 1.82) is 0 Å². The second-order valence-electron chi connectivity index (χ2n) is 5.48. The van der Waals surface area contributed by atoms with Crippen LogP contribution in [0.5, 0.6) is 0 Å². The third kappa shape index (κ3) is 3.92. The van der Waals surface area contributed by atoms with Gasteiger partial charge in [-0.15, -0.1) is 11.8 Å².